The van der Waals surface area contributed by atoms with Crippen molar-refractivity contribution in [2.45, 2.75) is 19.9 Å². The number of hydrogen-bond acceptors (Lipinski definition) is 3. The molecule has 1 amide bonds. The molecule has 0 aliphatic rings. The summed E-state index contributed by atoms with van der Waals surface area (Å²) in [4.78, 5) is 11.8. The maximum absolute atomic E-state index is 11.8. The van der Waals surface area contributed by atoms with Gasteiger partial charge in [0.15, 0.2) is 0 Å². The summed E-state index contributed by atoms with van der Waals surface area (Å²) in [5, 5.41) is 16.9. The summed E-state index contributed by atoms with van der Waals surface area (Å²) in [6.07, 6.45) is 2.07. The number of carbonyl (C=O) groups excluding carboxylic acids is 1. The van der Waals surface area contributed by atoms with E-state index in [9.17, 15) is 9.90 Å². The SMILES string of the molecule is Cc1nn(CCC(=O)Nc2cc(Cl)ccc2O)cc1Br. The average molecular weight is 359 g/mol. The fourth-order valence-corrected chi connectivity index (χ4v) is 2.13. The Balaban J connectivity index is 1.94. The Morgan fingerprint density at radius 2 is 2.30 bits per heavy atom. The summed E-state index contributed by atoms with van der Waals surface area (Å²) >= 11 is 9.17. The average Bonchev–Trinajstić information content (AvgIpc) is 2.71. The molecule has 0 aliphatic heterocycles. The molecule has 106 valence electrons. The molecule has 1 aromatic carbocycles. The van der Waals surface area contributed by atoms with Gasteiger partial charge in [-0.2, -0.15) is 5.10 Å². The predicted octanol–water partition coefficient (Wildman–Crippen LogP) is 3.34. The zero-order valence-corrected chi connectivity index (χ0v) is 13.1. The lowest BCUT2D eigenvalue weighted by Gasteiger charge is -2.07. The second kappa shape index (κ2) is 6.28. The maximum Gasteiger partial charge on any atom is 0.226 e. The van der Waals surface area contributed by atoms with E-state index in [1.54, 1.807) is 10.7 Å². The normalized spacial score (nSPS) is 10.6. The van der Waals surface area contributed by atoms with Crippen LogP contribution in [0.5, 0.6) is 5.75 Å². The van der Waals surface area contributed by atoms with Crippen molar-refractivity contribution in [2.75, 3.05) is 5.32 Å². The number of aryl methyl sites for hydroxylation is 2. The van der Waals surface area contributed by atoms with Crippen LogP contribution in [0.2, 0.25) is 5.02 Å². The van der Waals surface area contributed by atoms with Crippen LogP contribution in [0.3, 0.4) is 0 Å². The zero-order valence-electron chi connectivity index (χ0n) is 10.7. The topological polar surface area (TPSA) is 67.2 Å². The first-order valence-electron chi connectivity index (χ1n) is 5.93. The molecule has 2 aromatic rings. The Labute approximate surface area is 129 Å². The van der Waals surface area contributed by atoms with Crippen LogP contribution in [-0.4, -0.2) is 20.8 Å². The van der Waals surface area contributed by atoms with Crippen molar-refractivity contribution in [1.29, 1.82) is 0 Å². The lowest BCUT2D eigenvalue weighted by Crippen LogP contribution is -2.14. The molecule has 7 heteroatoms. The fourth-order valence-electron chi connectivity index (χ4n) is 1.65. The molecule has 0 saturated carbocycles. The van der Waals surface area contributed by atoms with E-state index in [1.807, 2.05) is 13.1 Å². The van der Waals surface area contributed by atoms with Crippen LogP contribution in [0.15, 0.2) is 28.9 Å². The van der Waals surface area contributed by atoms with Crippen molar-refractivity contribution in [2.24, 2.45) is 0 Å². The minimum atomic E-state index is -0.216. The van der Waals surface area contributed by atoms with Crippen molar-refractivity contribution >= 4 is 39.1 Å². The standard InChI is InChI=1S/C13H13BrClN3O2/c1-8-10(14)7-18(17-8)5-4-13(20)16-11-6-9(15)2-3-12(11)19/h2-3,6-7,19H,4-5H2,1H3,(H,16,20). The van der Waals surface area contributed by atoms with Crippen LogP contribution in [0.4, 0.5) is 5.69 Å². The Morgan fingerprint density at radius 3 is 2.95 bits per heavy atom. The van der Waals surface area contributed by atoms with Gasteiger partial charge in [-0.25, -0.2) is 0 Å². The molecule has 20 heavy (non-hydrogen) atoms. The number of hydrogen-bond donors (Lipinski definition) is 2. The fraction of sp³-hybridized carbons (Fsp3) is 0.231. The Morgan fingerprint density at radius 1 is 1.55 bits per heavy atom. The lowest BCUT2D eigenvalue weighted by molar-refractivity contribution is -0.116. The van der Waals surface area contributed by atoms with Gasteiger partial charge in [-0.3, -0.25) is 9.48 Å². The van der Waals surface area contributed by atoms with Crippen molar-refractivity contribution in [3.05, 3.63) is 39.6 Å². The number of benzene rings is 1. The van der Waals surface area contributed by atoms with Crippen LogP contribution >= 0.6 is 27.5 Å². The van der Waals surface area contributed by atoms with E-state index in [-0.39, 0.29) is 18.1 Å². The summed E-state index contributed by atoms with van der Waals surface area (Å²) in [6.45, 7) is 2.34. The van der Waals surface area contributed by atoms with Gasteiger partial charge in [0.25, 0.3) is 0 Å². The highest BCUT2D eigenvalue weighted by molar-refractivity contribution is 9.10. The van der Waals surface area contributed by atoms with Crippen molar-refractivity contribution in [1.82, 2.24) is 9.78 Å². The summed E-state index contributed by atoms with van der Waals surface area (Å²) < 4.78 is 2.60. The molecule has 0 atom stereocenters. The second-order valence-electron chi connectivity index (χ2n) is 4.29. The third-order valence-electron chi connectivity index (χ3n) is 2.69. The van der Waals surface area contributed by atoms with E-state index < -0.39 is 0 Å². The second-order valence-corrected chi connectivity index (χ2v) is 5.58. The monoisotopic (exact) mass is 357 g/mol. The van der Waals surface area contributed by atoms with Crippen molar-refractivity contribution in [3.63, 3.8) is 0 Å². The number of carbonyl (C=O) groups is 1. The van der Waals surface area contributed by atoms with Gasteiger partial charge in [-0.15, -0.1) is 0 Å². The number of amides is 1. The van der Waals surface area contributed by atoms with E-state index in [1.165, 1.54) is 12.1 Å². The van der Waals surface area contributed by atoms with Gasteiger partial charge >= 0.3 is 0 Å². The van der Waals surface area contributed by atoms with E-state index in [0.717, 1.165) is 10.2 Å². The van der Waals surface area contributed by atoms with E-state index in [0.29, 0.717) is 17.3 Å². The molecule has 0 spiro atoms. The van der Waals surface area contributed by atoms with Crippen LogP contribution in [0.25, 0.3) is 0 Å². The molecule has 1 heterocycles. The van der Waals surface area contributed by atoms with Crippen LogP contribution < -0.4 is 5.32 Å². The van der Waals surface area contributed by atoms with E-state index in [2.05, 4.69) is 26.3 Å². The summed E-state index contributed by atoms with van der Waals surface area (Å²) in [7, 11) is 0. The van der Waals surface area contributed by atoms with Gasteiger partial charge in [0.1, 0.15) is 5.75 Å². The number of phenols is 1. The number of anilines is 1. The molecule has 5 nitrogen and oxygen atoms in total. The maximum atomic E-state index is 11.8. The summed E-state index contributed by atoms with van der Waals surface area (Å²) in [5.74, 6) is -0.229. The van der Waals surface area contributed by atoms with Gasteiger partial charge in [0.05, 0.1) is 15.9 Å². The highest BCUT2D eigenvalue weighted by Crippen LogP contribution is 2.26. The minimum Gasteiger partial charge on any atom is -0.506 e. The quantitative estimate of drug-likeness (QED) is 0.824. The van der Waals surface area contributed by atoms with Crippen molar-refractivity contribution in [3.8, 4) is 5.75 Å². The number of aromatic hydroxyl groups is 1. The third kappa shape index (κ3) is 3.74. The number of aromatic nitrogens is 2. The molecule has 0 aliphatic carbocycles. The highest BCUT2D eigenvalue weighted by Gasteiger charge is 2.08. The molecule has 2 rings (SSSR count). The Bertz CT molecular complexity index is 623. The molecule has 0 bridgehead atoms. The van der Waals surface area contributed by atoms with Gasteiger partial charge in [0, 0.05) is 24.2 Å². The summed E-state index contributed by atoms with van der Waals surface area (Å²) in [5.41, 5.74) is 1.18. The number of rotatable bonds is 4. The van der Waals surface area contributed by atoms with Gasteiger partial charge in [0.2, 0.25) is 5.91 Å². The molecular weight excluding hydrogens is 346 g/mol. The molecule has 0 fully saturated rings. The van der Waals surface area contributed by atoms with E-state index >= 15 is 0 Å². The first kappa shape index (κ1) is 14.9. The number of phenolic OH excluding ortho intramolecular Hbond substituents is 1. The Hall–Kier alpha value is -1.53. The third-order valence-corrected chi connectivity index (χ3v) is 3.70. The summed E-state index contributed by atoms with van der Waals surface area (Å²) in [6, 6.07) is 4.49. The molecule has 2 N–H and O–H groups in total. The van der Waals surface area contributed by atoms with Gasteiger partial charge in [-0.1, -0.05) is 11.6 Å². The zero-order chi connectivity index (χ0) is 14.7. The van der Waals surface area contributed by atoms with Gasteiger partial charge < -0.3 is 10.4 Å². The number of nitrogens with one attached hydrogen (secondary N) is 1. The van der Waals surface area contributed by atoms with Crippen molar-refractivity contribution < 1.29 is 9.90 Å². The molecule has 1 aromatic heterocycles. The molecule has 0 unspecified atom stereocenters. The predicted molar refractivity (Wildman–Crippen MR) is 81.0 cm³/mol. The number of nitrogens with zero attached hydrogens (tertiary/aromatic N) is 2. The first-order valence-corrected chi connectivity index (χ1v) is 7.10. The molecule has 0 saturated heterocycles. The lowest BCUT2D eigenvalue weighted by atomic mass is 10.3. The van der Waals surface area contributed by atoms with Crippen LogP contribution in [0.1, 0.15) is 12.1 Å². The number of halogens is 2. The van der Waals surface area contributed by atoms with Crippen LogP contribution in [0, 0.1) is 6.92 Å². The first-order chi connectivity index (χ1) is 9.45. The highest BCUT2D eigenvalue weighted by atomic mass is 79.9. The molecule has 0 radical (unpaired) electrons. The minimum absolute atomic E-state index is 0.0135. The van der Waals surface area contributed by atoms with E-state index in [4.69, 9.17) is 11.6 Å². The van der Waals surface area contributed by atoms with Gasteiger partial charge in [-0.05, 0) is 41.1 Å². The Kier molecular flexibility index (Phi) is 4.67. The largest absolute Gasteiger partial charge is 0.506 e. The van der Waals surface area contributed by atoms with Crippen LogP contribution in [-0.2, 0) is 11.3 Å². The molecular formula is C13H13BrClN3O2. The smallest absolute Gasteiger partial charge is 0.226 e.